The highest BCUT2D eigenvalue weighted by Crippen LogP contribution is 2.25. The summed E-state index contributed by atoms with van der Waals surface area (Å²) in [5.41, 5.74) is 6.18. The van der Waals surface area contributed by atoms with Crippen LogP contribution in [0.1, 0.15) is 30.5 Å². The van der Waals surface area contributed by atoms with E-state index in [9.17, 15) is 0 Å². The first-order valence-electron chi connectivity index (χ1n) is 6.88. The van der Waals surface area contributed by atoms with E-state index in [1.807, 2.05) is 6.20 Å². The molecular weight excluding hydrogens is 234 g/mol. The molecule has 0 radical (unpaired) electrons. The first-order valence-corrected chi connectivity index (χ1v) is 6.88. The van der Waals surface area contributed by atoms with E-state index in [2.05, 4.69) is 61.4 Å². The van der Waals surface area contributed by atoms with Gasteiger partial charge in [-0.3, -0.25) is 5.10 Å². The van der Waals surface area contributed by atoms with Gasteiger partial charge in [-0.1, -0.05) is 37.6 Å². The SMILES string of the molecule is Cc1ccc(-c2[nH]ncc2CNCC(C)C)c(C)c1. The molecule has 0 spiro atoms. The van der Waals surface area contributed by atoms with Crippen molar-refractivity contribution in [2.75, 3.05) is 6.54 Å². The standard InChI is InChI=1S/C16H23N3/c1-11(2)8-17-9-14-10-18-19-16(14)15-6-5-12(3)7-13(15)4/h5-7,10-11,17H,8-9H2,1-4H3,(H,18,19). The fourth-order valence-corrected chi connectivity index (χ4v) is 2.27. The van der Waals surface area contributed by atoms with Crippen LogP contribution in [0.15, 0.2) is 24.4 Å². The molecule has 0 bridgehead atoms. The molecule has 0 unspecified atom stereocenters. The van der Waals surface area contributed by atoms with Crippen molar-refractivity contribution in [3.8, 4) is 11.3 Å². The van der Waals surface area contributed by atoms with Crippen molar-refractivity contribution in [1.29, 1.82) is 0 Å². The minimum atomic E-state index is 0.663. The van der Waals surface area contributed by atoms with Crippen molar-refractivity contribution in [1.82, 2.24) is 15.5 Å². The second-order valence-electron chi connectivity index (χ2n) is 5.61. The molecule has 0 fully saturated rings. The third-order valence-electron chi connectivity index (χ3n) is 3.24. The lowest BCUT2D eigenvalue weighted by molar-refractivity contribution is 0.553. The van der Waals surface area contributed by atoms with Crippen molar-refractivity contribution in [2.45, 2.75) is 34.2 Å². The normalized spacial score (nSPS) is 11.2. The van der Waals surface area contributed by atoms with Gasteiger partial charge in [0, 0.05) is 17.7 Å². The van der Waals surface area contributed by atoms with Gasteiger partial charge in [0.1, 0.15) is 0 Å². The zero-order chi connectivity index (χ0) is 13.8. The lowest BCUT2D eigenvalue weighted by Gasteiger charge is -2.10. The maximum atomic E-state index is 4.19. The van der Waals surface area contributed by atoms with Crippen molar-refractivity contribution in [3.63, 3.8) is 0 Å². The van der Waals surface area contributed by atoms with Gasteiger partial charge in [0.05, 0.1) is 11.9 Å². The van der Waals surface area contributed by atoms with Crippen LogP contribution in [-0.4, -0.2) is 16.7 Å². The Kier molecular flexibility index (Phi) is 4.38. The van der Waals surface area contributed by atoms with Gasteiger partial charge in [-0.2, -0.15) is 5.10 Å². The van der Waals surface area contributed by atoms with E-state index in [1.165, 1.54) is 22.3 Å². The van der Waals surface area contributed by atoms with Crippen molar-refractivity contribution >= 4 is 0 Å². The van der Waals surface area contributed by atoms with Crippen LogP contribution in [0.3, 0.4) is 0 Å². The Morgan fingerprint density at radius 2 is 2.05 bits per heavy atom. The Morgan fingerprint density at radius 1 is 1.26 bits per heavy atom. The second kappa shape index (κ2) is 6.02. The minimum Gasteiger partial charge on any atom is -0.312 e. The molecule has 102 valence electrons. The van der Waals surface area contributed by atoms with Gasteiger partial charge < -0.3 is 5.32 Å². The maximum absolute atomic E-state index is 4.19. The van der Waals surface area contributed by atoms with Crippen LogP contribution < -0.4 is 5.32 Å². The first-order chi connectivity index (χ1) is 9.08. The molecule has 0 aliphatic rings. The number of H-pyrrole nitrogens is 1. The van der Waals surface area contributed by atoms with Crippen LogP contribution in [0, 0.1) is 19.8 Å². The van der Waals surface area contributed by atoms with Gasteiger partial charge in [0.25, 0.3) is 0 Å². The van der Waals surface area contributed by atoms with E-state index < -0.39 is 0 Å². The molecule has 19 heavy (non-hydrogen) atoms. The Labute approximate surface area is 115 Å². The number of nitrogens with one attached hydrogen (secondary N) is 2. The van der Waals surface area contributed by atoms with E-state index in [-0.39, 0.29) is 0 Å². The van der Waals surface area contributed by atoms with Crippen LogP contribution in [0.4, 0.5) is 0 Å². The monoisotopic (exact) mass is 257 g/mol. The summed E-state index contributed by atoms with van der Waals surface area (Å²) < 4.78 is 0. The summed E-state index contributed by atoms with van der Waals surface area (Å²) in [5.74, 6) is 0.663. The summed E-state index contributed by atoms with van der Waals surface area (Å²) >= 11 is 0. The molecule has 0 atom stereocenters. The van der Waals surface area contributed by atoms with E-state index in [1.54, 1.807) is 0 Å². The summed E-state index contributed by atoms with van der Waals surface area (Å²) in [6.45, 7) is 10.6. The Bertz CT molecular complexity index is 541. The fraction of sp³-hybridized carbons (Fsp3) is 0.438. The van der Waals surface area contributed by atoms with Crippen molar-refractivity contribution in [2.24, 2.45) is 5.92 Å². The largest absolute Gasteiger partial charge is 0.312 e. The molecule has 1 aromatic carbocycles. The molecule has 1 heterocycles. The lowest BCUT2D eigenvalue weighted by atomic mass is 10.0. The Balaban J connectivity index is 2.19. The zero-order valence-corrected chi connectivity index (χ0v) is 12.2. The second-order valence-corrected chi connectivity index (χ2v) is 5.61. The van der Waals surface area contributed by atoms with Gasteiger partial charge in [-0.15, -0.1) is 0 Å². The molecule has 0 saturated heterocycles. The molecule has 0 aliphatic carbocycles. The predicted molar refractivity (Wildman–Crippen MR) is 80.0 cm³/mol. The van der Waals surface area contributed by atoms with Crippen LogP contribution >= 0.6 is 0 Å². The lowest BCUT2D eigenvalue weighted by Crippen LogP contribution is -2.19. The van der Waals surface area contributed by atoms with Crippen molar-refractivity contribution in [3.05, 3.63) is 41.1 Å². The summed E-state index contributed by atoms with van der Waals surface area (Å²) in [4.78, 5) is 0. The molecule has 3 nitrogen and oxygen atoms in total. The van der Waals surface area contributed by atoms with E-state index in [0.29, 0.717) is 5.92 Å². The van der Waals surface area contributed by atoms with Gasteiger partial charge >= 0.3 is 0 Å². The van der Waals surface area contributed by atoms with Crippen LogP contribution in [0.25, 0.3) is 11.3 Å². The molecule has 2 aromatic rings. The molecule has 2 N–H and O–H groups in total. The fourth-order valence-electron chi connectivity index (χ4n) is 2.27. The van der Waals surface area contributed by atoms with E-state index in [4.69, 9.17) is 0 Å². The zero-order valence-electron chi connectivity index (χ0n) is 12.2. The minimum absolute atomic E-state index is 0.663. The predicted octanol–water partition coefficient (Wildman–Crippen LogP) is 3.44. The Hall–Kier alpha value is -1.61. The molecule has 1 aromatic heterocycles. The molecule has 3 heteroatoms. The highest BCUT2D eigenvalue weighted by atomic mass is 15.1. The quantitative estimate of drug-likeness (QED) is 0.861. The first kappa shape index (κ1) is 13.8. The highest BCUT2D eigenvalue weighted by molar-refractivity contribution is 5.66. The van der Waals surface area contributed by atoms with Crippen molar-refractivity contribution < 1.29 is 0 Å². The van der Waals surface area contributed by atoms with Crippen LogP contribution in [0.2, 0.25) is 0 Å². The average Bonchev–Trinajstić information content (AvgIpc) is 2.77. The number of benzene rings is 1. The summed E-state index contributed by atoms with van der Waals surface area (Å²) in [5, 5.41) is 10.8. The maximum Gasteiger partial charge on any atom is 0.0697 e. The third kappa shape index (κ3) is 3.44. The Morgan fingerprint density at radius 3 is 2.74 bits per heavy atom. The van der Waals surface area contributed by atoms with Crippen LogP contribution in [-0.2, 0) is 6.54 Å². The molecular formula is C16H23N3. The number of nitrogens with zero attached hydrogens (tertiary/aromatic N) is 1. The van der Waals surface area contributed by atoms with Gasteiger partial charge in [-0.05, 0) is 31.9 Å². The van der Waals surface area contributed by atoms with Gasteiger partial charge in [0.15, 0.2) is 0 Å². The summed E-state index contributed by atoms with van der Waals surface area (Å²) in [6, 6.07) is 6.53. The number of rotatable bonds is 5. The summed E-state index contributed by atoms with van der Waals surface area (Å²) in [6.07, 6.45) is 1.92. The number of hydrogen-bond acceptors (Lipinski definition) is 2. The van der Waals surface area contributed by atoms with Gasteiger partial charge in [0.2, 0.25) is 0 Å². The van der Waals surface area contributed by atoms with Crippen LogP contribution in [0.5, 0.6) is 0 Å². The number of aryl methyl sites for hydroxylation is 2. The van der Waals surface area contributed by atoms with E-state index >= 15 is 0 Å². The van der Waals surface area contributed by atoms with Gasteiger partial charge in [-0.25, -0.2) is 0 Å². The molecule has 0 amide bonds. The topological polar surface area (TPSA) is 40.7 Å². The average molecular weight is 257 g/mol. The highest BCUT2D eigenvalue weighted by Gasteiger charge is 2.10. The molecule has 0 saturated carbocycles. The number of hydrogen-bond donors (Lipinski definition) is 2. The molecule has 2 rings (SSSR count). The summed E-state index contributed by atoms with van der Waals surface area (Å²) in [7, 11) is 0. The number of aromatic nitrogens is 2. The smallest absolute Gasteiger partial charge is 0.0697 e. The molecule has 0 aliphatic heterocycles. The third-order valence-corrected chi connectivity index (χ3v) is 3.24. The van der Waals surface area contributed by atoms with E-state index in [0.717, 1.165) is 18.8 Å². The number of aromatic amines is 1.